The lowest BCUT2D eigenvalue weighted by Crippen LogP contribution is -2.48. The average molecular weight is 285 g/mol. The summed E-state index contributed by atoms with van der Waals surface area (Å²) in [7, 11) is 0. The predicted molar refractivity (Wildman–Crippen MR) is 74.3 cm³/mol. The summed E-state index contributed by atoms with van der Waals surface area (Å²) in [4.78, 5) is 24.1. The number of amides is 1. The van der Waals surface area contributed by atoms with Gasteiger partial charge in [-0.25, -0.2) is 9.48 Å². The van der Waals surface area contributed by atoms with Gasteiger partial charge in [0.05, 0.1) is 6.07 Å². The average Bonchev–Trinajstić information content (AvgIpc) is 3.27. The van der Waals surface area contributed by atoms with Gasteiger partial charge in [-0.1, -0.05) is 6.07 Å². The highest BCUT2D eigenvalue weighted by Gasteiger charge is 2.43. The highest BCUT2D eigenvalue weighted by molar-refractivity contribution is 5.77. The number of carbonyl (C=O) groups is 1. The molecule has 0 aromatic carbocycles. The first-order chi connectivity index (χ1) is 10.0. The summed E-state index contributed by atoms with van der Waals surface area (Å²) in [6, 6.07) is 7.34. The minimum Gasteiger partial charge on any atom is -0.336 e. The minimum absolute atomic E-state index is 0.190. The van der Waals surface area contributed by atoms with Crippen LogP contribution in [-0.2, 0) is 11.3 Å². The number of rotatable bonds is 4. The highest BCUT2D eigenvalue weighted by Crippen LogP contribution is 2.39. The highest BCUT2D eigenvalue weighted by atomic mass is 16.2. The molecule has 0 spiro atoms. The Morgan fingerprint density at radius 3 is 2.95 bits per heavy atom. The van der Waals surface area contributed by atoms with Gasteiger partial charge < -0.3 is 5.32 Å². The normalized spacial score (nSPS) is 17.1. The summed E-state index contributed by atoms with van der Waals surface area (Å²) < 4.78 is 2.48. The topological polar surface area (TPSA) is 92.2 Å². The summed E-state index contributed by atoms with van der Waals surface area (Å²) in [5, 5.41) is 16.0. The van der Waals surface area contributed by atoms with Crippen molar-refractivity contribution in [1.29, 1.82) is 5.26 Å². The molecule has 0 aliphatic heterocycles. The Morgan fingerprint density at radius 2 is 2.33 bits per heavy atom. The number of nitrogens with zero attached hydrogens (tertiary/aromatic N) is 4. The van der Waals surface area contributed by atoms with Crippen molar-refractivity contribution in [2.75, 3.05) is 0 Å². The minimum atomic E-state index is -0.861. The van der Waals surface area contributed by atoms with Crippen LogP contribution in [0.2, 0.25) is 0 Å². The Hall–Kier alpha value is -2.62. The molecular weight excluding hydrogens is 270 g/mol. The van der Waals surface area contributed by atoms with Gasteiger partial charge in [0.2, 0.25) is 5.91 Å². The molecule has 2 aromatic heterocycles. The molecule has 1 unspecified atom stereocenters. The molecule has 1 saturated carbocycles. The number of nitrogens with one attached hydrogen (secondary N) is 1. The van der Waals surface area contributed by atoms with Crippen LogP contribution in [0.25, 0.3) is 5.65 Å². The van der Waals surface area contributed by atoms with Crippen LogP contribution in [-0.4, -0.2) is 25.6 Å². The molecule has 1 N–H and O–H groups in total. The first-order valence-electron chi connectivity index (χ1n) is 6.80. The number of hydrogen-bond acceptors (Lipinski definition) is 4. The zero-order valence-corrected chi connectivity index (χ0v) is 11.6. The molecule has 1 amide bonds. The Bertz CT molecular complexity index is 796. The van der Waals surface area contributed by atoms with Gasteiger partial charge in [-0.15, -0.1) is 5.10 Å². The fourth-order valence-corrected chi connectivity index (χ4v) is 2.42. The predicted octanol–water partition coefficient (Wildman–Crippen LogP) is 0.304. The van der Waals surface area contributed by atoms with Crippen molar-refractivity contribution in [1.82, 2.24) is 19.5 Å². The second kappa shape index (κ2) is 4.74. The van der Waals surface area contributed by atoms with Gasteiger partial charge in [-0.2, -0.15) is 5.26 Å². The van der Waals surface area contributed by atoms with Crippen molar-refractivity contribution in [2.45, 2.75) is 31.8 Å². The Balaban J connectivity index is 1.79. The van der Waals surface area contributed by atoms with Crippen molar-refractivity contribution < 1.29 is 4.79 Å². The molecule has 0 saturated heterocycles. The lowest BCUT2D eigenvalue weighted by Gasteiger charge is -2.22. The summed E-state index contributed by atoms with van der Waals surface area (Å²) in [6.07, 6.45) is 3.49. The summed E-state index contributed by atoms with van der Waals surface area (Å²) >= 11 is 0. The fraction of sp³-hybridized carbons (Fsp3) is 0.429. The molecule has 7 heteroatoms. The molecule has 2 aromatic rings. The molecule has 108 valence electrons. The molecule has 3 rings (SSSR count). The number of fused-ring (bicyclic) bond motifs is 1. The smallest absolute Gasteiger partial charge is 0.336 e. The van der Waals surface area contributed by atoms with E-state index in [0.717, 1.165) is 17.5 Å². The van der Waals surface area contributed by atoms with Gasteiger partial charge >= 0.3 is 5.69 Å². The van der Waals surface area contributed by atoms with Crippen molar-refractivity contribution >= 4 is 11.6 Å². The zero-order valence-electron chi connectivity index (χ0n) is 11.6. The van der Waals surface area contributed by atoms with E-state index < -0.39 is 5.54 Å². The van der Waals surface area contributed by atoms with E-state index in [9.17, 15) is 14.9 Å². The maximum absolute atomic E-state index is 12.1. The van der Waals surface area contributed by atoms with Gasteiger partial charge in [-0.05, 0) is 37.8 Å². The van der Waals surface area contributed by atoms with E-state index in [4.69, 9.17) is 0 Å². The second-order valence-corrected chi connectivity index (χ2v) is 5.51. The third-order valence-corrected chi connectivity index (χ3v) is 3.81. The number of carbonyl (C=O) groups excluding carboxylic acids is 1. The van der Waals surface area contributed by atoms with Crippen LogP contribution >= 0.6 is 0 Å². The van der Waals surface area contributed by atoms with Gasteiger partial charge in [0.15, 0.2) is 5.65 Å². The van der Waals surface area contributed by atoms with Gasteiger partial charge in [-0.3, -0.25) is 9.20 Å². The molecule has 1 atom stereocenters. The standard InChI is InChI=1S/C14H15N5O2/c1-14(9-15,10-5-6-10)16-12(20)8-19-13(21)18-7-3-2-4-11(18)17-19/h2-4,7,10H,5-6,8H2,1H3,(H,16,20). The van der Waals surface area contributed by atoms with E-state index >= 15 is 0 Å². The lowest BCUT2D eigenvalue weighted by atomic mass is 9.98. The van der Waals surface area contributed by atoms with E-state index in [1.165, 1.54) is 4.40 Å². The first kappa shape index (κ1) is 13.4. The van der Waals surface area contributed by atoms with E-state index in [2.05, 4.69) is 16.5 Å². The SMILES string of the molecule is CC(C#N)(NC(=O)Cn1nc2ccccn2c1=O)C1CC1. The largest absolute Gasteiger partial charge is 0.350 e. The monoisotopic (exact) mass is 285 g/mol. The molecule has 21 heavy (non-hydrogen) atoms. The van der Waals surface area contributed by atoms with Crippen molar-refractivity contribution in [3.05, 3.63) is 34.9 Å². The van der Waals surface area contributed by atoms with Crippen LogP contribution in [0, 0.1) is 17.2 Å². The number of nitriles is 1. The van der Waals surface area contributed by atoms with E-state index in [0.29, 0.717) is 5.65 Å². The fourth-order valence-electron chi connectivity index (χ4n) is 2.42. The Morgan fingerprint density at radius 1 is 1.57 bits per heavy atom. The lowest BCUT2D eigenvalue weighted by molar-refractivity contribution is -0.123. The summed E-state index contributed by atoms with van der Waals surface area (Å²) in [5.74, 6) is -0.180. The molecule has 0 bridgehead atoms. The maximum atomic E-state index is 12.1. The third kappa shape index (κ3) is 2.40. The van der Waals surface area contributed by atoms with E-state index in [-0.39, 0.29) is 24.1 Å². The van der Waals surface area contributed by atoms with Crippen molar-refractivity contribution in [3.63, 3.8) is 0 Å². The molecule has 0 radical (unpaired) electrons. The van der Waals surface area contributed by atoms with Gasteiger partial charge in [0, 0.05) is 6.20 Å². The Labute approximate surface area is 120 Å². The van der Waals surface area contributed by atoms with Crippen LogP contribution in [0.3, 0.4) is 0 Å². The molecule has 2 heterocycles. The zero-order chi connectivity index (χ0) is 15.0. The van der Waals surface area contributed by atoms with Crippen LogP contribution in [0.4, 0.5) is 0 Å². The number of hydrogen-bond donors (Lipinski definition) is 1. The van der Waals surface area contributed by atoms with Crippen molar-refractivity contribution in [2.24, 2.45) is 5.92 Å². The van der Waals surface area contributed by atoms with Gasteiger partial charge in [0.25, 0.3) is 0 Å². The van der Waals surface area contributed by atoms with Crippen molar-refractivity contribution in [3.8, 4) is 6.07 Å². The molecule has 1 aliphatic rings. The third-order valence-electron chi connectivity index (χ3n) is 3.81. The van der Waals surface area contributed by atoms with E-state index in [1.54, 1.807) is 31.3 Å². The van der Waals surface area contributed by atoms with Crippen LogP contribution in [0.5, 0.6) is 0 Å². The molecule has 7 nitrogen and oxygen atoms in total. The summed E-state index contributed by atoms with van der Waals surface area (Å²) in [5.41, 5.74) is -0.744. The van der Waals surface area contributed by atoms with Gasteiger partial charge in [0.1, 0.15) is 12.1 Å². The molecule has 1 fully saturated rings. The van der Waals surface area contributed by atoms with E-state index in [1.807, 2.05) is 0 Å². The molecule has 1 aliphatic carbocycles. The quantitative estimate of drug-likeness (QED) is 0.874. The molecular formula is C14H15N5O2. The Kier molecular flexibility index (Phi) is 3.01. The summed E-state index contributed by atoms with van der Waals surface area (Å²) in [6.45, 7) is 1.53. The second-order valence-electron chi connectivity index (χ2n) is 5.51. The first-order valence-corrected chi connectivity index (χ1v) is 6.80. The number of pyridine rings is 1. The van der Waals surface area contributed by atoms with Crippen LogP contribution < -0.4 is 11.0 Å². The van der Waals surface area contributed by atoms with Crippen LogP contribution in [0.15, 0.2) is 29.2 Å². The van der Waals surface area contributed by atoms with Crippen LogP contribution in [0.1, 0.15) is 19.8 Å². The maximum Gasteiger partial charge on any atom is 0.350 e. The number of aromatic nitrogens is 3.